The molecule has 3 aliphatic rings. The molecule has 1 spiro atoms. The van der Waals surface area contributed by atoms with Crippen molar-refractivity contribution in [2.45, 2.75) is 50.9 Å². The van der Waals surface area contributed by atoms with Crippen molar-refractivity contribution >= 4 is 0 Å². The molecule has 3 heteroatoms. The van der Waals surface area contributed by atoms with Crippen molar-refractivity contribution in [2.75, 3.05) is 26.3 Å². The summed E-state index contributed by atoms with van der Waals surface area (Å²) in [5.41, 5.74) is 4.30. The topological polar surface area (TPSA) is 21.7 Å². The van der Waals surface area contributed by atoms with Gasteiger partial charge in [-0.3, -0.25) is 4.90 Å². The van der Waals surface area contributed by atoms with E-state index in [-0.39, 0.29) is 5.60 Å². The lowest BCUT2D eigenvalue weighted by molar-refractivity contribution is -0.119. The summed E-state index contributed by atoms with van der Waals surface area (Å²) < 4.78 is 11.6. The fraction of sp³-hybridized carbons (Fsp3) is 0.667. The highest BCUT2D eigenvalue weighted by molar-refractivity contribution is 5.40. The average molecular weight is 287 g/mol. The molecule has 2 fully saturated rings. The summed E-state index contributed by atoms with van der Waals surface area (Å²) in [6, 6.07) is 7.62. The van der Waals surface area contributed by atoms with E-state index in [9.17, 15) is 0 Å². The van der Waals surface area contributed by atoms with Gasteiger partial charge in [-0.05, 0) is 35.4 Å². The molecule has 1 aromatic carbocycles. The Morgan fingerprint density at radius 2 is 1.95 bits per heavy atom. The van der Waals surface area contributed by atoms with Crippen LogP contribution in [0.3, 0.4) is 0 Å². The lowest BCUT2D eigenvalue weighted by Gasteiger charge is -2.45. The minimum absolute atomic E-state index is 0.0126. The van der Waals surface area contributed by atoms with Gasteiger partial charge in [0.15, 0.2) is 0 Å². The van der Waals surface area contributed by atoms with Gasteiger partial charge in [0.05, 0.1) is 31.5 Å². The van der Waals surface area contributed by atoms with Crippen molar-refractivity contribution in [3.05, 3.63) is 34.9 Å². The van der Waals surface area contributed by atoms with Crippen molar-refractivity contribution < 1.29 is 9.47 Å². The second kappa shape index (κ2) is 5.08. The van der Waals surface area contributed by atoms with Gasteiger partial charge in [0.1, 0.15) is 0 Å². The van der Waals surface area contributed by atoms with Crippen molar-refractivity contribution in [3.8, 4) is 0 Å². The Kier molecular flexibility index (Phi) is 3.32. The van der Waals surface area contributed by atoms with E-state index in [0.717, 1.165) is 45.8 Å². The van der Waals surface area contributed by atoms with E-state index in [1.54, 1.807) is 0 Å². The molecule has 0 radical (unpaired) electrons. The SMILES string of the molecule is CC(C)c1ccc2c(c1)C1(CCN(C3COC3)CC1)OC2. The Labute approximate surface area is 127 Å². The molecule has 2 saturated heterocycles. The Bertz CT molecular complexity index is 528. The van der Waals surface area contributed by atoms with Gasteiger partial charge in [-0.15, -0.1) is 0 Å². The zero-order valence-corrected chi connectivity index (χ0v) is 13.1. The van der Waals surface area contributed by atoms with E-state index in [4.69, 9.17) is 9.47 Å². The normalized spacial score (nSPS) is 25.3. The first-order chi connectivity index (χ1) is 10.2. The maximum atomic E-state index is 6.31. The van der Waals surface area contributed by atoms with Crippen LogP contribution in [0, 0.1) is 0 Å². The van der Waals surface area contributed by atoms with Crippen LogP contribution in [0.2, 0.25) is 0 Å². The summed E-state index contributed by atoms with van der Waals surface area (Å²) in [6.07, 6.45) is 2.25. The number of ether oxygens (including phenoxy) is 2. The standard InChI is InChI=1S/C18H25NO2/c1-13(2)14-3-4-15-10-21-18(17(15)9-14)5-7-19(8-6-18)16-11-20-12-16/h3-4,9,13,16H,5-8,10-12H2,1-2H3. The number of likely N-dealkylation sites (tertiary alicyclic amines) is 1. The summed E-state index contributed by atoms with van der Waals surface area (Å²) in [5, 5.41) is 0. The lowest BCUT2D eigenvalue weighted by atomic mass is 9.81. The van der Waals surface area contributed by atoms with E-state index in [2.05, 4.69) is 36.9 Å². The largest absolute Gasteiger partial charge is 0.378 e. The molecule has 3 nitrogen and oxygen atoms in total. The van der Waals surface area contributed by atoms with Crippen LogP contribution in [0.5, 0.6) is 0 Å². The van der Waals surface area contributed by atoms with Crippen LogP contribution >= 0.6 is 0 Å². The number of nitrogens with zero attached hydrogens (tertiary/aromatic N) is 1. The number of rotatable bonds is 2. The number of hydrogen-bond acceptors (Lipinski definition) is 3. The zero-order valence-electron chi connectivity index (χ0n) is 13.1. The number of benzene rings is 1. The minimum atomic E-state index is -0.0126. The van der Waals surface area contributed by atoms with Crippen molar-refractivity contribution in [3.63, 3.8) is 0 Å². The highest BCUT2D eigenvalue weighted by Gasteiger charge is 2.44. The summed E-state index contributed by atoms with van der Waals surface area (Å²) in [7, 11) is 0. The van der Waals surface area contributed by atoms with Crippen LogP contribution in [0.4, 0.5) is 0 Å². The molecule has 3 heterocycles. The number of hydrogen-bond donors (Lipinski definition) is 0. The molecule has 0 aromatic heterocycles. The first kappa shape index (κ1) is 13.7. The predicted octanol–water partition coefficient (Wildman–Crippen LogP) is 3.03. The summed E-state index contributed by atoms with van der Waals surface area (Å²) >= 11 is 0. The van der Waals surface area contributed by atoms with Gasteiger partial charge in [-0.2, -0.15) is 0 Å². The van der Waals surface area contributed by atoms with Gasteiger partial charge in [-0.1, -0.05) is 32.0 Å². The van der Waals surface area contributed by atoms with E-state index in [1.165, 1.54) is 16.7 Å². The Balaban J connectivity index is 1.56. The lowest BCUT2D eigenvalue weighted by Crippen LogP contribution is -2.54. The van der Waals surface area contributed by atoms with Crippen LogP contribution in [0.15, 0.2) is 18.2 Å². The second-order valence-electron chi connectivity index (χ2n) is 7.08. The monoisotopic (exact) mass is 287 g/mol. The molecular formula is C18H25NO2. The maximum Gasteiger partial charge on any atom is 0.0963 e. The molecule has 21 heavy (non-hydrogen) atoms. The zero-order chi connectivity index (χ0) is 14.4. The van der Waals surface area contributed by atoms with Gasteiger partial charge in [-0.25, -0.2) is 0 Å². The molecule has 4 rings (SSSR count). The number of fused-ring (bicyclic) bond motifs is 2. The van der Waals surface area contributed by atoms with Gasteiger partial charge in [0, 0.05) is 13.1 Å². The van der Waals surface area contributed by atoms with Crippen molar-refractivity contribution in [2.24, 2.45) is 0 Å². The smallest absolute Gasteiger partial charge is 0.0963 e. The molecule has 0 unspecified atom stereocenters. The molecule has 0 atom stereocenters. The molecule has 0 saturated carbocycles. The van der Waals surface area contributed by atoms with Crippen LogP contribution in [-0.2, 0) is 21.7 Å². The highest BCUT2D eigenvalue weighted by atomic mass is 16.5. The molecule has 0 N–H and O–H groups in total. The third-order valence-corrected chi connectivity index (χ3v) is 5.54. The van der Waals surface area contributed by atoms with Gasteiger partial charge < -0.3 is 9.47 Å². The molecule has 0 aliphatic carbocycles. The van der Waals surface area contributed by atoms with Crippen molar-refractivity contribution in [1.29, 1.82) is 0 Å². The quantitative estimate of drug-likeness (QED) is 0.834. The Hall–Kier alpha value is -0.900. The highest BCUT2D eigenvalue weighted by Crippen LogP contribution is 2.45. The fourth-order valence-electron chi connectivity index (χ4n) is 3.89. The molecule has 0 bridgehead atoms. The van der Waals surface area contributed by atoms with Crippen molar-refractivity contribution in [1.82, 2.24) is 4.90 Å². The van der Waals surface area contributed by atoms with Gasteiger partial charge in [0.25, 0.3) is 0 Å². The Morgan fingerprint density at radius 3 is 2.57 bits per heavy atom. The molecule has 0 amide bonds. The van der Waals surface area contributed by atoms with E-state index in [1.807, 2.05) is 0 Å². The number of piperidine rings is 1. The molecule has 114 valence electrons. The van der Waals surface area contributed by atoms with E-state index < -0.39 is 0 Å². The third-order valence-electron chi connectivity index (χ3n) is 5.54. The van der Waals surface area contributed by atoms with Gasteiger partial charge >= 0.3 is 0 Å². The van der Waals surface area contributed by atoms with E-state index >= 15 is 0 Å². The average Bonchev–Trinajstić information content (AvgIpc) is 2.78. The summed E-state index contributed by atoms with van der Waals surface area (Å²) in [4.78, 5) is 2.59. The van der Waals surface area contributed by atoms with Gasteiger partial charge in [0.2, 0.25) is 0 Å². The second-order valence-corrected chi connectivity index (χ2v) is 7.08. The minimum Gasteiger partial charge on any atom is -0.378 e. The Morgan fingerprint density at radius 1 is 1.19 bits per heavy atom. The van der Waals surface area contributed by atoms with E-state index in [0.29, 0.717) is 12.0 Å². The van der Waals surface area contributed by atoms with Crippen LogP contribution < -0.4 is 0 Å². The summed E-state index contributed by atoms with van der Waals surface area (Å²) in [6.45, 7) is 9.44. The fourth-order valence-corrected chi connectivity index (χ4v) is 3.89. The summed E-state index contributed by atoms with van der Waals surface area (Å²) in [5.74, 6) is 0.583. The molecule has 3 aliphatic heterocycles. The first-order valence-electron chi connectivity index (χ1n) is 8.27. The van der Waals surface area contributed by atoms with Crippen LogP contribution in [-0.4, -0.2) is 37.2 Å². The molecular weight excluding hydrogens is 262 g/mol. The maximum absolute atomic E-state index is 6.31. The van der Waals surface area contributed by atoms with Crippen LogP contribution in [0.25, 0.3) is 0 Å². The molecule has 1 aromatic rings. The predicted molar refractivity (Wildman–Crippen MR) is 82.4 cm³/mol. The first-order valence-corrected chi connectivity index (χ1v) is 8.27. The van der Waals surface area contributed by atoms with Crippen LogP contribution in [0.1, 0.15) is 49.3 Å². The third kappa shape index (κ3) is 2.23.